The molecule has 0 atom stereocenters. The number of ether oxygens (including phenoxy) is 1. The molecule has 9 nitrogen and oxygen atoms in total. The van der Waals surface area contributed by atoms with Crippen LogP contribution >= 0.6 is 0 Å². The summed E-state index contributed by atoms with van der Waals surface area (Å²) >= 11 is 1.10. The minimum Gasteiger partial charge on any atom is -0.264 e. The molecule has 30 heavy (non-hydrogen) atoms. The fourth-order valence-electron chi connectivity index (χ4n) is 1.97. The van der Waals surface area contributed by atoms with Gasteiger partial charge in [-0.25, -0.2) is 0 Å². The Morgan fingerprint density at radius 1 is 0.700 bits per heavy atom. The minimum atomic E-state index is -4.67. The zero-order valence-corrected chi connectivity index (χ0v) is 23.2. The largest absolute Gasteiger partial charge is 0.394 e. The van der Waals surface area contributed by atoms with Crippen LogP contribution in [0.25, 0.3) is 0 Å². The van der Waals surface area contributed by atoms with Gasteiger partial charge in [0.1, 0.15) is 0 Å². The van der Waals surface area contributed by atoms with Gasteiger partial charge >= 0.3 is 141 Å². The smallest absolute Gasteiger partial charge is 0.264 e. The topological polar surface area (TPSA) is 158 Å². The van der Waals surface area contributed by atoms with Gasteiger partial charge in [0, 0.05) is 0 Å². The summed E-state index contributed by atoms with van der Waals surface area (Å²) in [6.07, 6.45) is 18.2. The monoisotopic (exact) mass is 502 g/mol. The zero-order valence-electron chi connectivity index (χ0n) is 18.4. The summed E-state index contributed by atoms with van der Waals surface area (Å²) in [5, 5.41) is 0. The first-order valence-electron chi connectivity index (χ1n) is 10.0. The molecular weight excluding hydrogens is 463 g/mol. The van der Waals surface area contributed by atoms with Crippen molar-refractivity contribution in [2.45, 2.75) is 71.6 Å². The fourth-order valence-corrected chi connectivity index (χ4v) is 2.75. The summed E-state index contributed by atoms with van der Waals surface area (Å²) < 4.78 is 69.6. The summed E-state index contributed by atoms with van der Waals surface area (Å²) in [6, 6.07) is 0. The van der Waals surface area contributed by atoms with Crippen LogP contribution in [0.4, 0.5) is 0 Å². The first kappa shape index (κ1) is 38.1. The molecule has 0 spiro atoms. The normalized spacial score (nSPS) is 10.4. The number of rotatable bonds is 14. The molecule has 0 saturated carbocycles. The first-order valence-corrected chi connectivity index (χ1v) is 15.0. The van der Waals surface area contributed by atoms with Crippen molar-refractivity contribution in [1.29, 1.82) is 0 Å². The van der Waals surface area contributed by atoms with E-state index in [0.717, 1.165) is 49.0 Å². The average Bonchev–Trinajstić information content (AvgIpc) is 2.59. The van der Waals surface area contributed by atoms with Gasteiger partial charge in [0.15, 0.2) is 0 Å². The Labute approximate surface area is 217 Å². The Morgan fingerprint density at radius 3 is 1.20 bits per heavy atom. The van der Waals surface area contributed by atoms with Gasteiger partial charge in [-0.3, -0.25) is 18.2 Å². The second kappa shape index (κ2) is 29.8. The van der Waals surface area contributed by atoms with Gasteiger partial charge in [-0.1, -0.05) is 12.2 Å². The molecule has 0 aliphatic rings. The Balaban J connectivity index is -0.000000167. The third kappa shape index (κ3) is 102. The Kier molecular flexibility index (Phi) is 37.9. The molecule has 178 valence electrons. The molecule has 0 fully saturated rings. The Hall–Kier alpha value is 0.816. The molecular formula is C18H39KO9S2. The summed E-state index contributed by atoms with van der Waals surface area (Å²) in [6.45, 7) is 10.5. The molecule has 0 radical (unpaired) electrons. The number of unbranched alkanes of at least 4 members (excludes halogenated alkanes) is 9. The molecule has 0 aromatic heterocycles. The third-order valence-electron chi connectivity index (χ3n) is 3.18. The van der Waals surface area contributed by atoms with E-state index < -0.39 is 20.8 Å². The van der Waals surface area contributed by atoms with Gasteiger partial charge in [-0.05, 0) is 0 Å². The Morgan fingerprint density at radius 2 is 0.967 bits per heavy atom. The molecule has 0 unspecified atom stereocenters. The Bertz CT molecular complexity index is 486. The van der Waals surface area contributed by atoms with Crippen LogP contribution in [0.5, 0.6) is 0 Å². The van der Waals surface area contributed by atoms with Crippen molar-refractivity contribution in [2.24, 2.45) is 0 Å². The van der Waals surface area contributed by atoms with Gasteiger partial charge in [-0.15, -0.1) is 13.2 Å². The minimum absolute atomic E-state index is 0.617. The van der Waals surface area contributed by atoms with Crippen LogP contribution in [-0.4, -0.2) is 97.2 Å². The predicted molar refractivity (Wildman–Crippen MR) is 122 cm³/mol. The second-order valence-electron chi connectivity index (χ2n) is 6.19. The predicted octanol–water partition coefficient (Wildman–Crippen LogP) is 4.56. The van der Waals surface area contributed by atoms with Crippen molar-refractivity contribution in [3.63, 3.8) is 0 Å². The number of hydrogen-bond acceptors (Lipinski definition) is 5. The maximum Gasteiger partial charge on any atom is 0.394 e. The van der Waals surface area contributed by atoms with E-state index >= 15 is 0 Å². The van der Waals surface area contributed by atoms with Crippen molar-refractivity contribution in [3.8, 4) is 0 Å². The first-order chi connectivity index (χ1) is 13.8. The summed E-state index contributed by atoms with van der Waals surface area (Å²) in [7, 11) is -9.33. The van der Waals surface area contributed by atoms with Crippen LogP contribution in [0.1, 0.15) is 71.1 Å². The third-order valence-corrected chi connectivity index (χ3v) is 4.28. The fraction of sp³-hybridized carbons (Fsp3) is 0.778. The molecule has 0 saturated heterocycles. The van der Waals surface area contributed by atoms with E-state index in [0.29, 0.717) is 13.2 Å². The summed E-state index contributed by atoms with van der Waals surface area (Å²) in [4.78, 5) is 0. The molecule has 4 N–H and O–H groups in total. The quantitative estimate of drug-likeness (QED) is 0.115. The van der Waals surface area contributed by atoms with Crippen molar-refractivity contribution in [1.82, 2.24) is 0 Å². The van der Waals surface area contributed by atoms with Gasteiger partial charge in [0.2, 0.25) is 0 Å². The maximum atomic E-state index is 8.74. The second-order valence-corrected chi connectivity index (χ2v) is 9.55. The van der Waals surface area contributed by atoms with E-state index in [1.807, 2.05) is 0 Å². The van der Waals surface area contributed by atoms with Gasteiger partial charge in [0.05, 0.1) is 13.2 Å². The van der Waals surface area contributed by atoms with Gasteiger partial charge in [0.25, 0.3) is 0 Å². The molecule has 0 amide bonds. The van der Waals surface area contributed by atoms with E-state index in [1.54, 1.807) is 12.7 Å². The summed E-state index contributed by atoms with van der Waals surface area (Å²) in [5.41, 5.74) is 0. The van der Waals surface area contributed by atoms with Crippen molar-refractivity contribution >= 4 is 69.8 Å². The molecule has 0 rings (SSSR count). The van der Waals surface area contributed by atoms with Gasteiger partial charge < -0.3 is 4.74 Å². The molecule has 0 bridgehead atoms. The van der Waals surface area contributed by atoms with Gasteiger partial charge in [-0.2, -0.15) is 16.8 Å². The standard InChI is InChI=1S/C12H25.C6H10O.K.2H2O4S/c1-3-5-7-9-11-12-10-8-6-4-2;1-3-5-7-6-4-2;;2*1-5(2,3)4/h1,3-12H2,2H3;3-4H,1-2,5-6H2;;2*(H2,1,2,3,4). The molecule has 0 heterocycles. The molecule has 0 aliphatic carbocycles. The zero-order chi connectivity index (χ0) is 24.3. The van der Waals surface area contributed by atoms with E-state index in [9.17, 15) is 0 Å². The van der Waals surface area contributed by atoms with Crippen molar-refractivity contribution in [2.75, 3.05) is 13.2 Å². The van der Waals surface area contributed by atoms with Crippen LogP contribution in [-0.2, 0) is 25.5 Å². The molecule has 0 aromatic rings. The van der Waals surface area contributed by atoms with Crippen molar-refractivity contribution < 1.29 is 39.8 Å². The van der Waals surface area contributed by atoms with E-state index in [-0.39, 0.29) is 0 Å². The van der Waals surface area contributed by atoms with E-state index in [2.05, 4.69) is 20.1 Å². The van der Waals surface area contributed by atoms with E-state index in [4.69, 9.17) is 39.8 Å². The van der Waals surface area contributed by atoms with Crippen LogP contribution in [0, 0.1) is 0 Å². The van der Waals surface area contributed by atoms with Crippen LogP contribution in [0.15, 0.2) is 25.3 Å². The number of hydrogen-bond donors (Lipinski definition) is 4. The SMILES string of the molecule is C=CCOCC=C.CCCCCCCCCCC[CH2][K].O=S(=O)(O)O.O=S(=O)(O)O. The van der Waals surface area contributed by atoms with Crippen LogP contribution in [0.2, 0.25) is 0.515 Å². The molecule has 0 aromatic carbocycles. The maximum absolute atomic E-state index is 8.74. The average molecular weight is 503 g/mol. The van der Waals surface area contributed by atoms with Crippen LogP contribution in [0.3, 0.4) is 0 Å². The molecule has 12 heteroatoms. The van der Waals surface area contributed by atoms with Crippen LogP contribution < -0.4 is 0 Å². The molecule has 0 aliphatic heterocycles. The van der Waals surface area contributed by atoms with E-state index in [1.165, 1.54) is 64.2 Å². The van der Waals surface area contributed by atoms with Crippen molar-refractivity contribution in [3.05, 3.63) is 25.3 Å². The summed E-state index contributed by atoms with van der Waals surface area (Å²) in [5.74, 6) is 0.